The minimum Gasteiger partial charge on any atom is -0.449 e. The van der Waals surface area contributed by atoms with Crippen molar-refractivity contribution >= 4 is 21.4 Å². The fourth-order valence-corrected chi connectivity index (χ4v) is 2.72. The molecule has 0 aliphatic heterocycles. The topological polar surface area (TPSA) is 108 Å². The number of carbonyl (C=O) groups excluding carboxylic acids is 2. The lowest BCUT2D eigenvalue weighted by Crippen LogP contribution is -2.41. The van der Waals surface area contributed by atoms with E-state index in [0.29, 0.717) is 78.5 Å². The second-order valence-electron chi connectivity index (χ2n) is 6.90. The molecule has 10 nitrogen and oxygen atoms in total. The summed E-state index contributed by atoms with van der Waals surface area (Å²) in [5.74, 6) is 0. The summed E-state index contributed by atoms with van der Waals surface area (Å²) in [7, 11) is 4.13. The van der Waals surface area contributed by atoms with Gasteiger partial charge in [-0.05, 0) is 11.7 Å². The first-order valence-electron chi connectivity index (χ1n) is 11.1. The summed E-state index contributed by atoms with van der Waals surface area (Å²) in [4.78, 5) is 25.6. The maximum absolute atomic E-state index is 11.9. The van der Waals surface area contributed by atoms with Crippen LogP contribution in [0.4, 0.5) is 9.59 Å². The van der Waals surface area contributed by atoms with Gasteiger partial charge < -0.3 is 34.3 Å². The van der Waals surface area contributed by atoms with Crippen LogP contribution >= 0.6 is 9.24 Å². The van der Waals surface area contributed by atoms with Crippen LogP contribution in [0, 0.1) is 0 Å². The summed E-state index contributed by atoms with van der Waals surface area (Å²) >= 11 is 0. The van der Waals surface area contributed by atoms with Gasteiger partial charge in [0.25, 0.3) is 0 Å². The summed E-state index contributed by atoms with van der Waals surface area (Å²) in [6.45, 7) is 5.81. The smallest absolute Gasteiger partial charge is 0.407 e. The van der Waals surface area contributed by atoms with Crippen molar-refractivity contribution in [2.45, 2.75) is 6.61 Å². The molecule has 11 heteroatoms. The van der Waals surface area contributed by atoms with E-state index in [4.69, 9.17) is 23.7 Å². The third-order valence-corrected chi connectivity index (χ3v) is 4.55. The zero-order valence-corrected chi connectivity index (χ0v) is 20.6. The molecule has 2 N–H and O–H groups in total. The van der Waals surface area contributed by atoms with Crippen LogP contribution in [0.2, 0.25) is 0 Å². The standard InChI is InChI=1S/C22H38N3O7P/c1-28-13-14-30-16-15-29-12-11-25(9-7-23-21(26)31-17-18-33)10-8-24-22(27)32-19-20-5-3-2-4-6-20/h2-6H,7-19,33H2,1H3,(H,23,26)(H,24,27). The normalized spacial score (nSPS) is 10.8. The summed E-state index contributed by atoms with van der Waals surface area (Å²) in [6.07, 6.45) is -0.218. The molecule has 0 aliphatic rings. The zero-order valence-electron chi connectivity index (χ0n) is 19.5. The predicted octanol–water partition coefficient (Wildman–Crippen LogP) is 1.50. The second kappa shape index (κ2) is 20.6. The Kier molecular flexibility index (Phi) is 18.2. The zero-order chi connectivity index (χ0) is 24.0. The van der Waals surface area contributed by atoms with Crippen molar-refractivity contribution in [3.63, 3.8) is 0 Å². The van der Waals surface area contributed by atoms with E-state index in [1.165, 1.54) is 0 Å². The van der Waals surface area contributed by atoms with Gasteiger partial charge in [0.1, 0.15) is 6.61 Å². The van der Waals surface area contributed by atoms with E-state index in [-0.39, 0.29) is 6.61 Å². The molecule has 0 bridgehead atoms. The monoisotopic (exact) mass is 487 g/mol. The highest BCUT2D eigenvalue weighted by atomic mass is 31.0. The Bertz CT molecular complexity index is 625. The van der Waals surface area contributed by atoms with Crippen molar-refractivity contribution in [1.29, 1.82) is 0 Å². The van der Waals surface area contributed by atoms with Crippen LogP contribution in [-0.2, 0) is 30.3 Å². The quantitative estimate of drug-likeness (QED) is 0.223. The molecular weight excluding hydrogens is 449 g/mol. The highest BCUT2D eigenvalue weighted by Crippen LogP contribution is 2.00. The van der Waals surface area contributed by atoms with Crippen molar-refractivity contribution in [3.05, 3.63) is 35.9 Å². The number of ether oxygens (including phenoxy) is 5. The number of benzene rings is 1. The van der Waals surface area contributed by atoms with Crippen LogP contribution < -0.4 is 10.6 Å². The lowest BCUT2D eigenvalue weighted by atomic mass is 10.2. The van der Waals surface area contributed by atoms with Gasteiger partial charge in [0.05, 0.1) is 39.6 Å². The van der Waals surface area contributed by atoms with Gasteiger partial charge in [-0.3, -0.25) is 4.90 Å². The second-order valence-corrected chi connectivity index (χ2v) is 7.48. The first-order chi connectivity index (χ1) is 16.2. The Morgan fingerprint density at radius 3 is 2.06 bits per heavy atom. The number of methoxy groups -OCH3 is 1. The van der Waals surface area contributed by atoms with Crippen LogP contribution in [0.5, 0.6) is 0 Å². The average molecular weight is 488 g/mol. The minimum absolute atomic E-state index is 0.221. The van der Waals surface area contributed by atoms with Crippen LogP contribution in [0.1, 0.15) is 5.56 Å². The Morgan fingerprint density at radius 2 is 1.42 bits per heavy atom. The van der Waals surface area contributed by atoms with Crippen molar-refractivity contribution in [2.24, 2.45) is 0 Å². The Labute approximate surface area is 198 Å². The summed E-state index contributed by atoms with van der Waals surface area (Å²) in [5.41, 5.74) is 0.928. The molecule has 0 radical (unpaired) electrons. The fraction of sp³-hybridized carbons (Fsp3) is 0.636. The Hall–Kier alpha value is -1.97. The Balaban J connectivity index is 2.27. The fourth-order valence-electron chi connectivity index (χ4n) is 2.60. The summed E-state index contributed by atoms with van der Waals surface area (Å²) in [6, 6.07) is 9.50. The molecule has 1 unspecified atom stereocenters. The molecule has 0 spiro atoms. The minimum atomic E-state index is -0.470. The number of hydrogen-bond acceptors (Lipinski definition) is 8. The van der Waals surface area contributed by atoms with Crippen LogP contribution in [-0.4, -0.2) is 103 Å². The van der Waals surface area contributed by atoms with Gasteiger partial charge in [-0.15, -0.1) is 9.24 Å². The van der Waals surface area contributed by atoms with Crippen molar-refractivity contribution in [1.82, 2.24) is 15.5 Å². The van der Waals surface area contributed by atoms with Gasteiger partial charge in [-0.2, -0.15) is 0 Å². The number of alkyl carbamates (subject to hydrolysis) is 2. The molecular formula is C22H38N3O7P. The third-order valence-electron chi connectivity index (χ3n) is 4.31. The van der Waals surface area contributed by atoms with E-state index >= 15 is 0 Å². The average Bonchev–Trinajstić information content (AvgIpc) is 2.83. The molecule has 33 heavy (non-hydrogen) atoms. The van der Waals surface area contributed by atoms with Crippen molar-refractivity contribution in [3.8, 4) is 0 Å². The van der Waals surface area contributed by atoms with Crippen molar-refractivity contribution in [2.75, 3.05) is 85.6 Å². The summed E-state index contributed by atoms with van der Waals surface area (Å²) in [5, 5.41) is 5.47. The van der Waals surface area contributed by atoms with Crippen molar-refractivity contribution < 1.29 is 33.3 Å². The number of nitrogens with one attached hydrogen (secondary N) is 2. The molecule has 2 amide bonds. The number of rotatable bonds is 19. The molecule has 1 atom stereocenters. The highest BCUT2D eigenvalue weighted by molar-refractivity contribution is 7.16. The van der Waals surface area contributed by atoms with E-state index in [2.05, 4.69) is 24.8 Å². The number of amides is 2. The Morgan fingerprint density at radius 1 is 0.818 bits per heavy atom. The molecule has 1 rings (SSSR count). The lowest BCUT2D eigenvalue weighted by Gasteiger charge is -2.22. The van der Waals surface area contributed by atoms with Gasteiger partial charge in [0.2, 0.25) is 0 Å². The first-order valence-corrected chi connectivity index (χ1v) is 11.9. The largest absolute Gasteiger partial charge is 0.449 e. The maximum atomic E-state index is 11.9. The highest BCUT2D eigenvalue weighted by Gasteiger charge is 2.09. The number of hydrogen-bond donors (Lipinski definition) is 2. The first kappa shape index (κ1) is 29.1. The van der Waals surface area contributed by atoms with Crippen LogP contribution in [0.3, 0.4) is 0 Å². The number of carbonyl (C=O) groups is 2. The molecule has 188 valence electrons. The molecule has 1 aromatic rings. The molecule has 0 saturated carbocycles. The van der Waals surface area contributed by atoms with Gasteiger partial charge in [0, 0.05) is 39.8 Å². The maximum Gasteiger partial charge on any atom is 0.407 e. The van der Waals surface area contributed by atoms with Crippen LogP contribution in [0.25, 0.3) is 0 Å². The van der Waals surface area contributed by atoms with Gasteiger partial charge in [-0.25, -0.2) is 9.59 Å². The van der Waals surface area contributed by atoms with E-state index < -0.39 is 12.2 Å². The van der Waals surface area contributed by atoms with E-state index in [1.54, 1.807) is 7.11 Å². The molecule has 0 aromatic heterocycles. The van der Waals surface area contributed by atoms with Gasteiger partial charge in [-0.1, -0.05) is 30.3 Å². The summed E-state index contributed by atoms with van der Waals surface area (Å²) < 4.78 is 26.1. The molecule has 0 heterocycles. The SMILES string of the molecule is COCCOCCOCCN(CCNC(=O)OCCP)CCNC(=O)OCc1ccccc1. The molecule has 0 fully saturated rings. The van der Waals surface area contributed by atoms with E-state index in [1.807, 2.05) is 30.3 Å². The van der Waals surface area contributed by atoms with E-state index in [0.717, 1.165) is 5.56 Å². The molecule has 0 aliphatic carbocycles. The molecule has 1 aromatic carbocycles. The number of nitrogens with zero attached hydrogens (tertiary/aromatic N) is 1. The lowest BCUT2D eigenvalue weighted by molar-refractivity contribution is 0.0196. The van der Waals surface area contributed by atoms with E-state index in [9.17, 15) is 9.59 Å². The third kappa shape index (κ3) is 17.2. The predicted molar refractivity (Wildman–Crippen MR) is 129 cm³/mol. The van der Waals surface area contributed by atoms with Gasteiger partial charge in [0.15, 0.2) is 0 Å². The van der Waals surface area contributed by atoms with Gasteiger partial charge >= 0.3 is 12.2 Å². The molecule has 0 saturated heterocycles. The van der Waals surface area contributed by atoms with Crippen LogP contribution in [0.15, 0.2) is 30.3 Å².